The summed E-state index contributed by atoms with van der Waals surface area (Å²) in [6.07, 6.45) is 2.76. The average Bonchev–Trinajstić information content (AvgIpc) is 2.84. The van der Waals surface area contributed by atoms with Crippen LogP contribution in [-0.4, -0.2) is 63.7 Å². The number of nitrogens with zero attached hydrogens (tertiary/aromatic N) is 2. The number of sulfonamides is 1. The molecule has 9 heteroatoms. The number of methoxy groups -OCH3 is 1. The standard InChI is InChI=1S/C26H37N3O5S/c1-6-20(3)27-26(31)24(7-2)28(17-16-21-12-9-8-10-13-21)25(30)19-29(35(5,32)33)22-14-11-15-23(18-22)34-4/h8-15,18,20,24H,6-7,16-17,19H2,1-5H3,(H,27,31)/t20-,24-/m0/s1. The number of ether oxygens (including phenoxy) is 1. The van der Waals surface area contributed by atoms with Gasteiger partial charge in [0.25, 0.3) is 0 Å². The minimum Gasteiger partial charge on any atom is -0.497 e. The fourth-order valence-corrected chi connectivity index (χ4v) is 4.56. The van der Waals surface area contributed by atoms with E-state index in [9.17, 15) is 18.0 Å². The van der Waals surface area contributed by atoms with E-state index in [1.165, 1.54) is 12.0 Å². The van der Waals surface area contributed by atoms with Crippen molar-refractivity contribution in [3.05, 3.63) is 60.2 Å². The molecule has 1 N–H and O–H groups in total. The summed E-state index contributed by atoms with van der Waals surface area (Å²) in [4.78, 5) is 28.2. The van der Waals surface area contributed by atoms with E-state index in [0.717, 1.165) is 22.5 Å². The van der Waals surface area contributed by atoms with Crippen LogP contribution in [-0.2, 0) is 26.0 Å². The highest BCUT2D eigenvalue weighted by Crippen LogP contribution is 2.23. The van der Waals surface area contributed by atoms with Gasteiger partial charge in [-0.15, -0.1) is 0 Å². The van der Waals surface area contributed by atoms with Crippen molar-refractivity contribution in [2.24, 2.45) is 0 Å². The first-order valence-corrected chi connectivity index (χ1v) is 13.7. The molecule has 8 nitrogen and oxygen atoms in total. The Labute approximate surface area is 209 Å². The van der Waals surface area contributed by atoms with Gasteiger partial charge in [-0.25, -0.2) is 8.42 Å². The monoisotopic (exact) mass is 503 g/mol. The van der Waals surface area contributed by atoms with Gasteiger partial charge in [0.2, 0.25) is 21.8 Å². The topological polar surface area (TPSA) is 96.0 Å². The molecule has 0 unspecified atom stereocenters. The van der Waals surface area contributed by atoms with Crippen molar-refractivity contribution in [3.8, 4) is 5.75 Å². The van der Waals surface area contributed by atoms with Crippen LogP contribution in [0.1, 0.15) is 39.2 Å². The van der Waals surface area contributed by atoms with Crippen LogP contribution >= 0.6 is 0 Å². The summed E-state index contributed by atoms with van der Waals surface area (Å²) in [7, 11) is -2.30. The molecule has 0 radical (unpaired) electrons. The van der Waals surface area contributed by atoms with E-state index < -0.39 is 28.5 Å². The minimum atomic E-state index is -3.78. The van der Waals surface area contributed by atoms with Crippen LogP contribution in [0, 0.1) is 0 Å². The molecule has 0 bridgehead atoms. The van der Waals surface area contributed by atoms with Crippen LogP contribution in [0.4, 0.5) is 5.69 Å². The van der Waals surface area contributed by atoms with Crippen LogP contribution in [0.2, 0.25) is 0 Å². The highest BCUT2D eigenvalue weighted by Gasteiger charge is 2.31. The van der Waals surface area contributed by atoms with Gasteiger partial charge in [-0.1, -0.05) is 50.2 Å². The lowest BCUT2D eigenvalue weighted by molar-refractivity contribution is -0.139. The molecule has 2 aromatic carbocycles. The number of carbonyl (C=O) groups excluding carboxylic acids is 2. The largest absolute Gasteiger partial charge is 0.497 e. The molecule has 2 rings (SSSR count). The van der Waals surface area contributed by atoms with Gasteiger partial charge in [-0.3, -0.25) is 13.9 Å². The Hall–Kier alpha value is -3.07. The Morgan fingerprint density at radius 3 is 2.29 bits per heavy atom. The van der Waals surface area contributed by atoms with Crippen molar-refractivity contribution >= 4 is 27.5 Å². The first-order valence-electron chi connectivity index (χ1n) is 11.9. The van der Waals surface area contributed by atoms with Crippen LogP contribution < -0.4 is 14.4 Å². The Balaban J connectivity index is 2.37. The van der Waals surface area contributed by atoms with Crippen molar-refractivity contribution in [3.63, 3.8) is 0 Å². The molecule has 35 heavy (non-hydrogen) atoms. The highest BCUT2D eigenvalue weighted by molar-refractivity contribution is 7.92. The van der Waals surface area contributed by atoms with E-state index in [-0.39, 0.29) is 18.5 Å². The second-order valence-corrected chi connectivity index (χ2v) is 10.4. The van der Waals surface area contributed by atoms with Crippen molar-refractivity contribution in [2.75, 3.05) is 30.8 Å². The Morgan fingerprint density at radius 2 is 1.71 bits per heavy atom. The molecule has 0 aromatic heterocycles. The highest BCUT2D eigenvalue weighted by atomic mass is 32.2. The number of hydrogen-bond acceptors (Lipinski definition) is 5. The molecule has 0 saturated heterocycles. The van der Waals surface area contributed by atoms with Gasteiger partial charge in [0.05, 0.1) is 19.1 Å². The maximum atomic E-state index is 13.6. The number of carbonyl (C=O) groups is 2. The summed E-state index contributed by atoms with van der Waals surface area (Å²) < 4.78 is 31.6. The summed E-state index contributed by atoms with van der Waals surface area (Å²) in [5.74, 6) is -0.209. The minimum absolute atomic E-state index is 0.0353. The van der Waals surface area contributed by atoms with Crippen molar-refractivity contribution < 1.29 is 22.7 Å². The Bertz CT molecular complexity index is 1080. The fraction of sp³-hybridized carbons (Fsp3) is 0.462. The molecule has 0 aliphatic rings. The number of rotatable bonds is 13. The summed E-state index contributed by atoms with van der Waals surface area (Å²) in [5, 5.41) is 2.96. The summed E-state index contributed by atoms with van der Waals surface area (Å²) in [5.41, 5.74) is 1.34. The van der Waals surface area contributed by atoms with Crippen molar-refractivity contribution in [2.45, 2.75) is 52.1 Å². The number of benzene rings is 2. The zero-order chi connectivity index (χ0) is 26.0. The molecule has 2 aromatic rings. The first-order chi connectivity index (χ1) is 16.6. The van der Waals surface area contributed by atoms with Crippen molar-refractivity contribution in [1.82, 2.24) is 10.2 Å². The molecular weight excluding hydrogens is 466 g/mol. The molecule has 0 aliphatic carbocycles. The second-order valence-electron chi connectivity index (χ2n) is 8.54. The lowest BCUT2D eigenvalue weighted by atomic mass is 10.1. The quantitative estimate of drug-likeness (QED) is 0.453. The van der Waals surface area contributed by atoms with Gasteiger partial charge in [-0.05, 0) is 43.9 Å². The van der Waals surface area contributed by atoms with Crippen molar-refractivity contribution in [1.29, 1.82) is 0 Å². The lowest BCUT2D eigenvalue weighted by Crippen LogP contribution is -2.54. The summed E-state index contributed by atoms with van der Waals surface area (Å²) in [6, 6.07) is 15.5. The predicted molar refractivity (Wildman–Crippen MR) is 139 cm³/mol. The van der Waals surface area contributed by atoms with E-state index >= 15 is 0 Å². The molecule has 0 heterocycles. The fourth-order valence-electron chi connectivity index (χ4n) is 3.72. The van der Waals surface area contributed by atoms with E-state index in [4.69, 9.17) is 4.74 Å². The van der Waals surface area contributed by atoms with Crippen LogP contribution in [0.5, 0.6) is 5.75 Å². The van der Waals surface area contributed by atoms with Gasteiger partial charge in [0, 0.05) is 18.7 Å². The predicted octanol–water partition coefficient (Wildman–Crippen LogP) is 3.23. The van der Waals surface area contributed by atoms with E-state index in [0.29, 0.717) is 24.3 Å². The third-order valence-electron chi connectivity index (χ3n) is 5.89. The molecular formula is C26H37N3O5S. The van der Waals surface area contributed by atoms with Gasteiger partial charge in [0.15, 0.2) is 0 Å². The third kappa shape index (κ3) is 8.28. The maximum Gasteiger partial charge on any atom is 0.244 e. The van der Waals surface area contributed by atoms with Gasteiger partial charge < -0.3 is 15.0 Å². The number of anilines is 1. The van der Waals surface area contributed by atoms with Crippen LogP contribution in [0.15, 0.2) is 54.6 Å². The van der Waals surface area contributed by atoms with E-state index in [2.05, 4.69) is 5.32 Å². The first kappa shape index (κ1) is 28.2. The van der Waals surface area contributed by atoms with Crippen LogP contribution in [0.25, 0.3) is 0 Å². The average molecular weight is 504 g/mol. The molecule has 0 spiro atoms. The number of hydrogen-bond donors (Lipinski definition) is 1. The molecule has 2 amide bonds. The van der Waals surface area contributed by atoms with Crippen LogP contribution in [0.3, 0.4) is 0 Å². The number of amides is 2. The normalized spacial score (nSPS) is 12.9. The van der Waals surface area contributed by atoms with Gasteiger partial charge in [0.1, 0.15) is 18.3 Å². The molecule has 2 atom stereocenters. The SMILES string of the molecule is CC[C@H](C)NC(=O)[C@H](CC)N(CCc1ccccc1)C(=O)CN(c1cccc(OC)c1)S(C)(=O)=O. The maximum absolute atomic E-state index is 13.6. The zero-order valence-electron chi connectivity index (χ0n) is 21.2. The summed E-state index contributed by atoms with van der Waals surface area (Å²) in [6.45, 7) is 5.59. The lowest BCUT2D eigenvalue weighted by Gasteiger charge is -2.33. The van der Waals surface area contributed by atoms with Gasteiger partial charge in [-0.2, -0.15) is 0 Å². The van der Waals surface area contributed by atoms with Gasteiger partial charge >= 0.3 is 0 Å². The van der Waals surface area contributed by atoms with E-state index in [1.807, 2.05) is 51.1 Å². The van der Waals surface area contributed by atoms with E-state index in [1.54, 1.807) is 24.3 Å². The molecule has 0 fully saturated rings. The third-order valence-corrected chi connectivity index (χ3v) is 7.03. The smallest absolute Gasteiger partial charge is 0.244 e. The molecule has 0 saturated carbocycles. The summed E-state index contributed by atoms with van der Waals surface area (Å²) >= 11 is 0. The Kier molecular flexibility index (Phi) is 10.6. The second kappa shape index (κ2) is 13.1. The Morgan fingerprint density at radius 1 is 1.03 bits per heavy atom. The zero-order valence-corrected chi connectivity index (χ0v) is 22.0. The number of nitrogens with one attached hydrogen (secondary N) is 1. The molecule has 0 aliphatic heterocycles. The molecule has 192 valence electrons.